The van der Waals surface area contributed by atoms with Gasteiger partial charge in [-0.3, -0.25) is 24.1 Å². The number of carbonyl (C=O) groups is 4. The molecule has 4 atom stereocenters. The highest BCUT2D eigenvalue weighted by Crippen LogP contribution is 2.56. The number of hydrogen-bond donors (Lipinski definition) is 1. The van der Waals surface area contributed by atoms with Gasteiger partial charge < -0.3 is 9.84 Å². The quantitative estimate of drug-likeness (QED) is 0.291. The Kier molecular flexibility index (Phi) is 6.32. The fourth-order valence-corrected chi connectivity index (χ4v) is 6.71. The van der Waals surface area contributed by atoms with Crippen molar-refractivity contribution >= 4 is 35.1 Å². The molecule has 2 aromatic rings. The minimum Gasteiger partial charge on any atom is -0.508 e. The number of phenols is 1. The number of ketones is 2. The Labute approximate surface area is 238 Å². The lowest BCUT2D eigenvalue weighted by atomic mass is 9.59. The maximum atomic E-state index is 13.9. The first kappa shape index (κ1) is 27.4. The second-order valence-electron chi connectivity index (χ2n) is 10.8. The highest BCUT2D eigenvalue weighted by molar-refractivity contribution is 6.25. The van der Waals surface area contributed by atoms with Crippen LogP contribution in [-0.2, 0) is 19.2 Å². The molecule has 214 valence electrons. The average molecular weight is 576 g/mol. The van der Waals surface area contributed by atoms with Gasteiger partial charge in [0.15, 0.2) is 11.6 Å². The number of phenolic OH excluding ortho intramolecular Hbond substituents is 1. The number of carbonyl (C=O) groups excluding carboxylic acids is 4. The second-order valence-corrected chi connectivity index (χ2v) is 10.8. The number of imide groups is 1. The maximum Gasteiger partial charge on any atom is 0.573 e. The number of fused-ring (bicyclic) bond motifs is 3. The molecule has 1 heterocycles. The van der Waals surface area contributed by atoms with Gasteiger partial charge in [0.1, 0.15) is 11.5 Å². The number of aromatic hydroxyl groups is 1. The van der Waals surface area contributed by atoms with Crippen LogP contribution in [0.2, 0.25) is 0 Å². The summed E-state index contributed by atoms with van der Waals surface area (Å²) in [5.41, 5.74) is 1.97. The lowest BCUT2D eigenvalue weighted by Crippen LogP contribution is -2.39. The highest BCUT2D eigenvalue weighted by atomic mass is 19.4. The lowest BCUT2D eigenvalue weighted by molar-refractivity contribution is -0.274. The first-order chi connectivity index (χ1) is 19.9. The minimum atomic E-state index is -5.01. The van der Waals surface area contributed by atoms with Gasteiger partial charge in [-0.15, -0.1) is 13.2 Å². The predicted octanol–water partition coefficient (Wildman–Crippen LogP) is 5.57. The third-order valence-electron chi connectivity index (χ3n) is 8.49. The van der Waals surface area contributed by atoms with Crippen LogP contribution in [0.3, 0.4) is 0 Å². The van der Waals surface area contributed by atoms with E-state index in [-0.39, 0.29) is 35.1 Å². The summed E-state index contributed by atoms with van der Waals surface area (Å²) in [6.07, 6.45) is -0.355. The minimum absolute atomic E-state index is 0.00362. The summed E-state index contributed by atoms with van der Waals surface area (Å²) in [6.45, 7) is 5.20. The van der Waals surface area contributed by atoms with Crippen molar-refractivity contribution in [2.45, 2.75) is 32.0 Å². The van der Waals surface area contributed by atoms with E-state index in [4.69, 9.17) is 0 Å². The van der Waals surface area contributed by atoms with Gasteiger partial charge in [0.05, 0.1) is 17.5 Å². The number of benzene rings is 2. The van der Waals surface area contributed by atoms with Crippen molar-refractivity contribution in [3.8, 4) is 11.5 Å². The number of alkyl halides is 3. The van der Waals surface area contributed by atoms with E-state index in [1.165, 1.54) is 13.0 Å². The van der Waals surface area contributed by atoms with Gasteiger partial charge in [-0.05, 0) is 67.7 Å². The zero-order valence-corrected chi connectivity index (χ0v) is 22.3. The average Bonchev–Trinajstić information content (AvgIpc) is 3.20. The Bertz CT molecular complexity index is 1680. The van der Waals surface area contributed by atoms with E-state index in [1.807, 2.05) is 0 Å². The maximum absolute atomic E-state index is 13.9. The zero-order chi connectivity index (χ0) is 30.1. The van der Waals surface area contributed by atoms with Crippen LogP contribution in [0.25, 0.3) is 6.08 Å². The molecule has 3 aliphatic carbocycles. The predicted molar refractivity (Wildman–Crippen MR) is 145 cm³/mol. The molecule has 4 unspecified atom stereocenters. The first-order valence-corrected chi connectivity index (χ1v) is 13.3. The summed E-state index contributed by atoms with van der Waals surface area (Å²) in [4.78, 5) is 55.4. The lowest BCUT2D eigenvalue weighted by Gasteiger charge is -2.42. The number of amides is 2. The summed E-state index contributed by atoms with van der Waals surface area (Å²) in [7, 11) is 0. The van der Waals surface area contributed by atoms with Gasteiger partial charge in [-0.1, -0.05) is 36.4 Å². The van der Waals surface area contributed by atoms with E-state index >= 15 is 0 Å². The molecule has 10 heteroatoms. The third-order valence-corrected chi connectivity index (χ3v) is 8.49. The summed E-state index contributed by atoms with van der Waals surface area (Å²) < 4.78 is 43.3. The second kappa shape index (κ2) is 9.68. The Morgan fingerprint density at radius 2 is 1.74 bits per heavy atom. The van der Waals surface area contributed by atoms with Crippen molar-refractivity contribution in [3.05, 3.63) is 94.6 Å². The Hall–Kier alpha value is -4.73. The van der Waals surface area contributed by atoms with E-state index in [2.05, 4.69) is 11.3 Å². The molecule has 2 amide bonds. The summed E-state index contributed by atoms with van der Waals surface area (Å²) in [5, 5.41) is 10.9. The Morgan fingerprint density at radius 3 is 2.40 bits per heavy atom. The van der Waals surface area contributed by atoms with Crippen LogP contribution >= 0.6 is 0 Å². The van der Waals surface area contributed by atoms with E-state index in [0.717, 1.165) is 28.7 Å². The van der Waals surface area contributed by atoms with Gasteiger partial charge in [-0.2, -0.15) is 0 Å². The summed E-state index contributed by atoms with van der Waals surface area (Å²) >= 11 is 0. The number of hydrogen-bond acceptors (Lipinski definition) is 6. The van der Waals surface area contributed by atoms with Crippen molar-refractivity contribution < 1.29 is 42.2 Å². The molecular weight excluding hydrogens is 551 g/mol. The van der Waals surface area contributed by atoms with Crippen LogP contribution in [0.4, 0.5) is 18.9 Å². The van der Waals surface area contributed by atoms with Gasteiger partial charge in [0.25, 0.3) is 0 Å². The molecule has 0 radical (unpaired) electrons. The fraction of sp³-hybridized carbons (Fsp3) is 0.250. The molecule has 7 nitrogen and oxygen atoms in total. The van der Waals surface area contributed by atoms with Crippen molar-refractivity contribution in [2.75, 3.05) is 4.90 Å². The van der Waals surface area contributed by atoms with E-state index in [0.29, 0.717) is 11.3 Å². The van der Waals surface area contributed by atoms with Crippen molar-refractivity contribution in [1.82, 2.24) is 0 Å². The summed E-state index contributed by atoms with van der Waals surface area (Å²) in [6, 6.07) is 9.70. The third kappa shape index (κ3) is 4.29. The van der Waals surface area contributed by atoms with Gasteiger partial charge in [-0.25, -0.2) is 0 Å². The van der Waals surface area contributed by atoms with Gasteiger partial charge in [0, 0.05) is 28.2 Å². The number of ether oxygens (including phenoxy) is 1. The molecule has 42 heavy (non-hydrogen) atoms. The first-order valence-electron chi connectivity index (χ1n) is 13.3. The number of allylic oxidation sites excluding steroid dienone is 6. The van der Waals surface area contributed by atoms with Crippen LogP contribution < -0.4 is 9.64 Å². The van der Waals surface area contributed by atoms with Crippen molar-refractivity contribution in [2.24, 2.45) is 17.8 Å². The number of halogens is 3. The summed E-state index contributed by atoms with van der Waals surface area (Å²) in [5.74, 6) is -6.25. The van der Waals surface area contributed by atoms with Crippen LogP contribution in [0.15, 0.2) is 83.5 Å². The molecule has 0 saturated carbocycles. The molecule has 1 N–H and O–H groups in total. The zero-order valence-electron chi connectivity index (χ0n) is 22.3. The van der Waals surface area contributed by atoms with Crippen LogP contribution in [0.1, 0.15) is 36.8 Å². The molecule has 2 aromatic carbocycles. The molecule has 4 aliphatic rings. The standard InChI is InChI=1S/C32H24F3NO6/c1-3-16-4-6-17(7-5-16)36-30(40)20-10-9-19-21(27(20)31(36)41)14-23-28(25(38)12-15(2)29(23)39)26(19)22-13-18(8-11-24(22)37)42-32(33,34)35/h3-9,11-13,20-21,26-27,37H,1,10,14H2,2H3. The molecule has 1 saturated heterocycles. The van der Waals surface area contributed by atoms with E-state index < -0.39 is 64.9 Å². The number of anilines is 1. The number of Topliss-reactive ketones (excluding diaryl/α,β-unsaturated/α-hetero) is 1. The molecule has 0 bridgehead atoms. The molecular formula is C32H24F3NO6. The van der Waals surface area contributed by atoms with Crippen LogP contribution in [0, 0.1) is 17.8 Å². The van der Waals surface area contributed by atoms with Crippen molar-refractivity contribution in [1.29, 1.82) is 0 Å². The molecule has 1 fully saturated rings. The van der Waals surface area contributed by atoms with Gasteiger partial charge in [0.2, 0.25) is 11.8 Å². The van der Waals surface area contributed by atoms with E-state index in [1.54, 1.807) is 36.4 Å². The monoisotopic (exact) mass is 575 g/mol. The molecule has 0 aromatic heterocycles. The van der Waals surface area contributed by atoms with Gasteiger partial charge >= 0.3 is 6.36 Å². The number of rotatable bonds is 4. The largest absolute Gasteiger partial charge is 0.573 e. The smallest absolute Gasteiger partial charge is 0.508 e. The molecule has 6 rings (SSSR count). The fourth-order valence-electron chi connectivity index (χ4n) is 6.71. The topological polar surface area (TPSA) is 101 Å². The van der Waals surface area contributed by atoms with E-state index in [9.17, 15) is 37.5 Å². The van der Waals surface area contributed by atoms with Crippen LogP contribution in [-0.4, -0.2) is 34.8 Å². The SMILES string of the molecule is C=Cc1ccc(N2C(=O)C3CC=C4C(c5cc(OC(F)(F)F)ccc5O)C5=C(CC4C3C2=O)C(=O)C(C)=CC5=O)cc1. The Morgan fingerprint density at radius 1 is 1.02 bits per heavy atom. The van der Waals surface area contributed by atoms with Crippen molar-refractivity contribution in [3.63, 3.8) is 0 Å². The van der Waals surface area contributed by atoms with Crippen LogP contribution in [0.5, 0.6) is 11.5 Å². The molecule has 1 aliphatic heterocycles. The highest BCUT2D eigenvalue weighted by Gasteiger charge is 2.57. The normalized spacial score (nSPS) is 25.5. The number of nitrogens with zero attached hydrogens (tertiary/aromatic N) is 1. The molecule has 0 spiro atoms. The Balaban J connectivity index is 1.48.